The first kappa shape index (κ1) is 65.0. The number of carbonyl (C=O) groups is 4. The van der Waals surface area contributed by atoms with E-state index in [0.29, 0.717) is 0 Å². The molecular weight excluding hydrogens is 1190 g/mol. The molecule has 0 bridgehead atoms. The van der Waals surface area contributed by atoms with Gasteiger partial charge in [-0.3, -0.25) is 19.9 Å². The molecule has 0 amide bonds. The predicted molar refractivity (Wildman–Crippen MR) is 261 cm³/mol. The number of carboxylic acid groups (broad SMARTS) is 4. The van der Waals surface area contributed by atoms with Crippen LogP contribution in [0.3, 0.4) is 0 Å². The number of phenols is 6. The Hall–Kier alpha value is -9.00. The maximum atomic E-state index is 10.7. The molecule has 0 saturated heterocycles. The quantitative estimate of drug-likeness (QED) is 0.0713. The number of carboxylic acids is 4. The van der Waals surface area contributed by atoms with Crippen LogP contribution < -0.4 is 20.4 Å². The van der Waals surface area contributed by atoms with Gasteiger partial charge in [0.25, 0.3) is 0 Å². The number of rotatable bonds is 4. The van der Waals surface area contributed by atoms with Crippen molar-refractivity contribution < 1.29 is 146 Å². The summed E-state index contributed by atoms with van der Waals surface area (Å²) in [7, 11) is 0. The van der Waals surface area contributed by atoms with Crippen molar-refractivity contribution in [2.75, 3.05) is 0 Å². The zero-order chi connectivity index (χ0) is 52.5. The molecule has 380 valence electrons. The fourth-order valence-corrected chi connectivity index (χ4v) is 6.12. The van der Waals surface area contributed by atoms with Gasteiger partial charge in [0.15, 0.2) is 0 Å². The smallest absolute Gasteiger partial charge is 0.872 e. The maximum Gasteiger partial charge on any atom is 2.00 e. The first-order valence-electron chi connectivity index (χ1n) is 20.4. The number of hydrogen-bond acceptors (Lipinski definition) is 18. The molecule has 0 saturated carbocycles. The minimum Gasteiger partial charge on any atom is -0.872 e. The molecule has 0 unspecified atom stereocenters. The van der Waals surface area contributed by atoms with Gasteiger partial charge in [-0.05, 0) is 84.9 Å². The standard InChI is InChI=1S/2C12H8N2.4C7H6O4.2Cd.2H2O/c2*1-3-9-5-6-10-4-2-8-14-12(10)11(9)13-7-1;4*8-4-1-2-5(7(10)11)6(9)3-4;;;;/h2*1-8H;4*1-3,8-9H,(H,10,11);;;2*1H2/q;;;;;;2*+2;;/p-2. The van der Waals surface area contributed by atoms with Crippen molar-refractivity contribution in [3.63, 3.8) is 0 Å². The normalized spacial score (nSPS) is 9.47. The number of aromatic nitrogens is 4. The third kappa shape index (κ3) is 18.2. The number of carbonyl (C=O) groups excluding carboxylic acids is 2. The van der Waals surface area contributed by atoms with Crippen LogP contribution in [-0.4, -0.2) is 84.7 Å². The Morgan fingerprint density at radius 2 is 0.592 bits per heavy atom. The molecule has 10 aromatic rings. The van der Waals surface area contributed by atoms with Crippen LogP contribution in [0.1, 0.15) is 41.4 Å². The molecule has 0 radical (unpaired) electrons. The summed E-state index contributed by atoms with van der Waals surface area (Å²) in [5, 5.41) is 116. The van der Waals surface area contributed by atoms with E-state index in [4.69, 9.17) is 40.9 Å². The zero-order valence-corrected chi connectivity index (χ0v) is 47.4. The van der Waals surface area contributed by atoms with Crippen LogP contribution in [0.25, 0.3) is 43.6 Å². The van der Waals surface area contributed by atoms with Crippen LogP contribution in [0.15, 0.2) is 170 Å². The Morgan fingerprint density at radius 1 is 0.355 bits per heavy atom. The number of aromatic hydroxyl groups is 6. The Balaban J connectivity index is 0.000000453. The minimum absolute atomic E-state index is 0. The molecule has 0 atom stereocenters. The summed E-state index contributed by atoms with van der Waals surface area (Å²) in [5.74, 6) is -8.68. The number of hydrogen-bond donors (Lipinski definition) is 8. The van der Waals surface area contributed by atoms with Gasteiger partial charge in [0, 0.05) is 69.6 Å². The van der Waals surface area contributed by atoms with Gasteiger partial charge >= 0.3 is 66.5 Å². The van der Waals surface area contributed by atoms with Gasteiger partial charge in [-0.25, -0.2) is 9.59 Å². The van der Waals surface area contributed by atoms with E-state index in [2.05, 4.69) is 68.5 Å². The summed E-state index contributed by atoms with van der Waals surface area (Å²) < 4.78 is 0. The van der Waals surface area contributed by atoms with Crippen molar-refractivity contribution in [3.8, 4) is 46.0 Å². The van der Waals surface area contributed by atoms with Gasteiger partial charge in [-0.2, -0.15) is 0 Å². The van der Waals surface area contributed by atoms with Gasteiger partial charge in [0.2, 0.25) is 0 Å². The van der Waals surface area contributed by atoms with Gasteiger partial charge in [-0.15, -0.1) is 0 Å². The zero-order valence-electron chi connectivity index (χ0n) is 39.4. The Kier molecular flexibility index (Phi) is 26.4. The van der Waals surface area contributed by atoms with E-state index >= 15 is 0 Å². The van der Waals surface area contributed by atoms with Gasteiger partial charge in [0.05, 0.1) is 45.1 Å². The average Bonchev–Trinajstić information content (AvgIpc) is 3.34. The Bertz CT molecular complexity index is 3120. The van der Waals surface area contributed by atoms with E-state index in [9.17, 15) is 39.6 Å². The van der Waals surface area contributed by atoms with E-state index in [1.807, 2.05) is 24.3 Å². The molecule has 4 heterocycles. The Morgan fingerprint density at radius 3 is 0.803 bits per heavy atom. The summed E-state index contributed by atoms with van der Waals surface area (Å²) >= 11 is 0. The fourth-order valence-electron chi connectivity index (χ4n) is 6.12. The van der Waals surface area contributed by atoms with Gasteiger partial charge in [-0.1, -0.05) is 60.0 Å². The van der Waals surface area contributed by atoms with E-state index in [1.54, 1.807) is 24.8 Å². The summed E-state index contributed by atoms with van der Waals surface area (Å²) in [6, 6.07) is 36.8. The number of phenolic OH excluding ortho intramolecular Hbond substituents is 4. The van der Waals surface area contributed by atoms with Crippen LogP contribution in [0.5, 0.6) is 46.0 Å². The van der Waals surface area contributed by atoms with E-state index in [-0.39, 0.29) is 111 Å². The molecule has 0 aliphatic rings. The molecule has 6 aromatic carbocycles. The van der Waals surface area contributed by atoms with Gasteiger partial charge in [0.1, 0.15) is 34.5 Å². The maximum absolute atomic E-state index is 10.7. The molecular formula is C52H42Cd2N4O18+2. The molecule has 24 heteroatoms. The van der Waals surface area contributed by atoms with Crippen molar-refractivity contribution in [2.24, 2.45) is 0 Å². The second kappa shape index (κ2) is 30.9. The average molecular weight is 1240 g/mol. The van der Waals surface area contributed by atoms with Crippen LogP contribution >= 0.6 is 0 Å². The minimum atomic E-state index is -1.47. The third-order valence-electron chi connectivity index (χ3n) is 9.48. The number of pyridine rings is 4. The predicted octanol–water partition coefficient (Wildman–Crippen LogP) is 2.97. The third-order valence-corrected chi connectivity index (χ3v) is 9.48. The SMILES string of the molecule is O=C(O)c1ccc(O)cc1[O-].O=C(O)c1ccc(O)cc1[O-].O=C([O-])c1ccc(O)cc1O.O=C([O-])c1ccc(O)cc1O.[Cd+2].[Cd+2].[OH3+].[OH3+].c1cnc2c(c1)ccc1cccnc12.c1cnc2c(c1)ccc1cccnc12. The van der Waals surface area contributed by atoms with Crippen LogP contribution in [0.2, 0.25) is 0 Å². The van der Waals surface area contributed by atoms with Gasteiger partial charge < -0.3 is 81.8 Å². The second-order valence-electron chi connectivity index (χ2n) is 14.4. The van der Waals surface area contributed by atoms with Crippen molar-refractivity contribution in [2.45, 2.75) is 0 Å². The molecule has 0 spiro atoms. The Labute approximate surface area is 469 Å². The molecule has 0 aliphatic heterocycles. The number of aromatic carboxylic acids is 4. The van der Waals surface area contributed by atoms with E-state index in [1.165, 1.54) is 0 Å². The molecule has 14 N–H and O–H groups in total. The number of nitrogens with zero attached hydrogens (tertiary/aromatic N) is 4. The summed E-state index contributed by atoms with van der Waals surface area (Å²) in [6.07, 6.45) is 7.21. The van der Waals surface area contributed by atoms with Crippen molar-refractivity contribution >= 4 is 67.5 Å². The summed E-state index contributed by atoms with van der Waals surface area (Å²) in [4.78, 5) is 58.3. The molecule has 0 aliphatic carbocycles. The largest absolute Gasteiger partial charge is 2.00 e. The molecule has 4 aromatic heterocycles. The monoisotopic (exact) mass is 1240 g/mol. The van der Waals surface area contributed by atoms with Crippen molar-refractivity contribution in [1.29, 1.82) is 0 Å². The van der Waals surface area contributed by atoms with Crippen LogP contribution in [0, 0.1) is 0 Å². The van der Waals surface area contributed by atoms with Crippen LogP contribution in [-0.2, 0) is 65.5 Å². The molecule has 0 fully saturated rings. The summed E-state index contributed by atoms with van der Waals surface area (Å²) in [5.41, 5.74) is 2.59. The van der Waals surface area contributed by atoms with E-state index < -0.39 is 46.9 Å². The van der Waals surface area contributed by atoms with Crippen molar-refractivity contribution in [1.82, 2.24) is 19.9 Å². The number of benzene rings is 6. The summed E-state index contributed by atoms with van der Waals surface area (Å²) in [6.45, 7) is 0. The second-order valence-corrected chi connectivity index (χ2v) is 14.4. The van der Waals surface area contributed by atoms with Crippen LogP contribution in [0.4, 0.5) is 0 Å². The van der Waals surface area contributed by atoms with Crippen molar-refractivity contribution in [3.05, 3.63) is 193 Å². The molecule has 22 nitrogen and oxygen atoms in total. The topological polar surface area (TPSA) is 440 Å². The fraction of sp³-hybridized carbons (Fsp3) is 0. The molecule has 76 heavy (non-hydrogen) atoms. The molecule has 10 rings (SSSR count). The first-order valence-corrected chi connectivity index (χ1v) is 20.4. The number of fused-ring (bicyclic) bond motifs is 6. The first-order chi connectivity index (χ1) is 34.3. The van der Waals surface area contributed by atoms with E-state index in [0.717, 1.165) is 116 Å².